The highest BCUT2D eigenvalue weighted by atomic mass is 16.5. The number of carbonyl (C=O) groups is 1. The van der Waals surface area contributed by atoms with Gasteiger partial charge in [-0.25, -0.2) is 14.5 Å². The molecule has 10 heteroatoms. The van der Waals surface area contributed by atoms with Gasteiger partial charge in [0.15, 0.2) is 0 Å². The average molecular weight is 551 g/mol. The van der Waals surface area contributed by atoms with Crippen molar-refractivity contribution in [2.45, 2.75) is 31.3 Å². The van der Waals surface area contributed by atoms with E-state index >= 15 is 0 Å². The zero-order valence-corrected chi connectivity index (χ0v) is 23.4. The molecule has 210 valence electrons. The number of carbonyl (C=O) groups excluding carboxylic acids is 1. The van der Waals surface area contributed by atoms with Crippen molar-refractivity contribution in [2.75, 3.05) is 25.5 Å². The number of rotatable bonds is 6. The number of methoxy groups -OCH3 is 1. The molecule has 4 aromatic rings. The number of ether oxygens (including phenoxy) is 1. The summed E-state index contributed by atoms with van der Waals surface area (Å²) in [5.74, 6) is 1.43. The van der Waals surface area contributed by atoms with Crippen molar-refractivity contribution < 1.29 is 9.53 Å². The van der Waals surface area contributed by atoms with Gasteiger partial charge < -0.3 is 10.1 Å². The number of hydrogen-bond donors (Lipinski definition) is 2. The molecule has 0 bridgehead atoms. The van der Waals surface area contributed by atoms with E-state index in [0.29, 0.717) is 18.3 Å². The highest BCUT2D eigenvalue weighted by Gasteiger charge is 2.40. The third kappa shape index (κ3) is 5.38. The van der Waals surface area contributed by atoms with E-state index < -0.39 is 0 Å². The second-order valence-electron chi connectivity index (χ2n) is 10.5. The molecule has 6 rings (SSSR count). The molecule has 41 heavy (non-hydrogen) atoms. The van der Waals surface area contributed by atoms with Crippen molar-refractivity contribution in [3.8, 4) is 16.9 Å². The standard InChI is InChI=1S/C31H34N8O2/c1-21-28(23-17-33-37(2)18-23)36-39(24-13-8-5-9-14-24)29(21)35-31(40)34-26-20-38(27-15-10-16-32-30(27)41-3)19-25(26)22-11-6-4-7-12-22/h4-14,16-18,25-27H,15,19-20H2,1-3H3,(H2,34,35,40)/t25-,26+,27?/m0/s1. The Morgan fingerprint density at radius 2 is 1.80 bits per heavy atom. The third-order valence-electron chi connectivity index (χ3n) is 7.83. The van der Waals surface area contributed by atoms with Crippen LogP contribution in [0.3, 0.4) is 0 Å². The largest absolute Gasteiger partial charge is 0.483 e. The molecule has 1 unspecified atom stereocenters. The molecule has 2 N–H and O–H groups in total. The molecular formula is C31H34N8O2. The molecule has 1 saturated heterocycles. The van der Waals surface area contributed by atoms with E-state index in [2.05, 4.69) is 43.8 Å². The van der Waals surface area contributed by atoms with E-state index in [1.807, 2.05) is 68.7 Å². The number of hydrogen-bond acceptors (Lipinski definition) is 6. The zero-order chi connectivity index (χ0) is 28.3. The lowest BCUT2D eigenvalue weighted by Crippen LogP contribution is -2.45. The second-order valence-corrected chi connectivity index (χ2v) is 10.5. The Balaban J connectivity index is 1.28. The van der Waals surface area contributed by atoms with Crippen molar-refractivity contribution in [1.29, 1.82) is 0 Å². The first-order valence-corrected chi connectivity index (χ1v) is 13.8. The lowest BCUT2D eigenvalue weighted by molar-refractivity contribution is 0.239. The number of para-hydroxylation sites is 1. The maximum Gasteiger partial charge on any atom is 0.320 e. The topological polar surface area (TPSA) is 102 Å². The van der Waals surface area contributed by atoms with Gasteiger partial charge in [0.2, 0.25) is 5.90 Å². The fourth-order valence-corrected chi connectivity index (χ4v) is 5.80. The van der Waals surface area contributed by atoms with E-state index in [4.69, 9.17) is 9.84 Å². The minimum Gasteiger partial charge on any atom is -0.483 e. The molecule has 2 amide bonds. The summed E-state index contributed by atoms with van der Waals surface area (Å²) in [6.45, 7) is 3.42. The lowest BCUT2D eigenvalue weighted by Gasteiger charge is -2.28. The number of nitrogens with zero attached hydrogens (tertiary/aromatic N) is 6. The molecule has 3 atom stereocenters. The summed E-state index contributed by atoms with van der Waals surface area (Å²) in [5, 5.41) is 15.6. The molecule has 0 radical (unpaired) electrons. The van der Waals surface area contributed by atoms with Crippen LogP contribution in [0, 0.1) is 6.92 Å². The van der Waals surface area contributed by atoms with E-state index in [1.54, 1.807) is 28.9 Å². The normalized spacial score (nSPS) is 20.6. The molecule has 0 saturated carbocycles. The van der Waals surface area contributed by atoms with Crippen LogP contribution in [0.1, 0.15) is 23.5 Å². The highest BCUT2D eigenvalue weighted by molar-refractivity contribution is 5.91. The average Bonchev–Trinajstić information content (AvgIpc) is 3.71. The van der Waals surface area contributed by atoms with Gasteiger partial charge >= 0.3 is 6.03 Å². The number of amides is 2. The van der Waals surface area contributed by atoms with E-state index in [-0.39, 0.29) is 24.0 Å². The zero-order valence-electron chi connectivity index (χ0n) is 23.4. The van der Waals surface area contributed by atoms with Crippen molar-refractivity contribution in [2.24, 2.45) is 12.0 Å². The van der Waals surface area contributed by atoms with Gasteiger partial charge in [0.05, 0.1) is 31.1 Å². The quantitative estimate of drug-likeness (QED) is 0.368. The van der Waals surface area contributed by atoms with Crippen LogP contribution in [-0.2, 0) is 11.8 Å². The molecule has 0 spiro atoms. The van der Waals surface area contributed by atoms with Crippen molar-refractivity contribution >= 4 is 17.7 Å². The minimum absolute atomic E-state index is 0.0369. The number of aliphatic imine (C=N–C) groups is 1. The van der Waals surface area contributed by atoms with Gasteiger partial charge in [-0.05, 0) is 31.0 Å². The van der Waals surface area contributed by atoms with Gasteiger partial charge in [-0.2, -0.15) is 10.2 Å². The third-order valence-corrected chi connectivity index (χ3v) is 7.83. The van der Waals surface area contributed by atoms with Crippen LogP contribution >= 0.6 is 0 Å². The van der Waals surface area contributed by atoms with Gasteiger partial charge in [0.1, 0.15) is 11.5 Å². The summed E-state index contributed by atoms with van der Waals surface area (Å²) in [7, 11) is 3.54. The predicted molar refractivity (Wildman–Crippen MR) is 159 cm³/mol. The fourth-order valence-electron chi connectivity index (χ4n) is 5.80. The minimum atomic E-state index is -0.278. The molecule has 2 aliphatic rings. The number of urea groups is 1. The number of likely N-dealkylation sites (tertiary alicyclic amines) is 1. The molecule has 2 aliphatic heterocycles. The maximum atomic E-state index is 13.7. The SMILES string of the molecule is COC1=NC=CCC1N1C[C@@H](NC(=O)Nc2c(C)c(-c3cnn(C)c3)nn2-c2ccccc2)[C@H](c2ccccc2)C1. The fraction of sp³-hybridized carbons (Fsp3) is 0.290. The Bertz CT molecular complexity index is 1570. The summed E-state index contributed by atoms with van der Waals surface area (Å²) in [5.41, 5.74) is 4.55. The number of anilines is 1. The lowest BCUT2D eigenvalue weighted by atomic mass is 9.94. The number of benzene rings is 2. The van der Waals surface area contributed by atoms with Crippen molar-refractivity contribution in [3.05, 3.63) is 96.5 Å². The number of aromatic nitrogens is 4. The Hall–Kier alpha value is -4.70. The van der Waals surface area contributed by atoms with E-state index in [1.165, 1.54) is 5.56 Å². The summed E-state index contributed by atoms with van der Waals surface area (Å²) in [4.78, 5) is 20.5. The maximum absolute atomic E-state index is 13.7. The van der Waals surface area contributed by atoms with Gasteiger partial charge in [-0.15, -0.1) is 0 Å². The number of nitrogens with one attached hydrogen (secondary N) is 2. The van der Waals surface area contributed by atoms with Crippen LogP contribution in [0.25, 0.3) is 16.9 Å². The van der Waals surface area contributed by atoms with Gasteiger partial charge in [0, 0.05) is 49.6 Å². The summed E-state index contributed by atoms with van der Waals surface area (Å²) in [6, 6.07) is 19.8. The van der Waals surface area contributed by atoms with Gasteiger partial charge in [0.25, 0.3) is 0 Å². The van der Waals surface area contributed by atoms with Gasteiger partial charge in [-0.3, -0.25) is 14.9 Å². The molecular weight excluding hydrogens is 516 g/mol. The van der Waals surface area contributed by atoms with Crippen molar-refractivity contribution in [3.63, 3.8) is 0 Å². The Kier molecular flexibility index (Phi) is 7.39. The first kappa shape index (κ1) is 26.5. The van der Waals surface area contributed by atoms with Crippen LogP contribution in [0.4, 0.5) is 10.6 Å². The highest BCUT2D eigenvalue weighted by Crippen LogP contribution is 2.32. The van der Waals surface area contributed by atoms with Crippen LogP contribution in [0.5, 0.6) is 0 Å². The monoisotopic (exact) mass is 550 g/mol. The summed E-state index contributed by atoms with van der Waals surface area (Å²) >= 11 is 0. The van der Waals surface area contributed by atoms with Crippen molar-refractivity contribution in [1.82, 2.24) is 29.8 Å². The summed E-state index contributed by atoms with van der Waals surface area (Å²) < 4.78 is 9.13. The first-order valence-electron chi connectivity index (χ1n) is 13.8. The Labute approximate surface area is 239 Å². The predicted octanol–water partition coefficient (Wildman–Crippen LogP) is 4.50. The Morgan fingerprint density at radius 3 is 2.51 bits per heavy atom. The molecule has 10 nitrogen and oxygen atoms in total. The smallest absolute Gasteiger partial charge is 0.320 e. The molecule has 1 fully saturated rings. The molecule has 2 aromatic heterocycles. The van der Waals surface area contributed by atoms with Crippen LogP contribution in [0.15, 0.2) is 90.3 Å². The molecule has 0 aliphatic carbocycles. The van der Waals surface area contributed by atoms with E-state index in [9.17, 15) is 4.79 Å². The van der Waals surface area contributed by atoms with Gasteiger partial charge in [-0.1, -0.05) is 54.6 Å². The summed E-state index contributed by atoms with van der Waals surface area (Å²) in [6.07, 6.45) is 8.38. The van der Waals surface area contributed by atoms with Crippen LogP contribution in [-0.4, -0.2) is 68.7 Å². The molecule has 2 aromatic carbocycles. The van der Waals surface area contributed by atoms with Crippen LogP contribution < -0.4 is 10.6 Å². The molecule has 4 heterocycles. The van der Waals surface area contributed by atoms with Crippen LogP contribution in [0.2, 0.25) is 0 Å². The second kappa shape index (κ2) is 11.4. The number of aryl methyl sites for hydroxylation is 1. The first-order chi connectivity index (χ1) is 20.0. The Morgan fingerprint density at radius 1 is 1.05 bits per heavy atom. The van der Waals surface area contributed by atoms with E-state index in [0.717, 1.165) is 35.5 Å².